The average Bonchev–Trinajstić information content (AvgIpc) is 3.15. The predicted molar refractivity (Wildman–Crippen MR) is 74.4 cm³/mol. The number of rotatable bonds is 2. The molecule has 2 aromatic rings. The van der Waals surface area contributed by atoms with Crippen LogP contribution in [0.15, 0.2) is 27.2 Å². The zero-order chi connectivity index (χ0) is 13.7. The average molecular weight is 337 g/mol. The first kappa shape index (κ1) is 12.3. The van der Waals surface area contributed by atoms with Crippen LogP contribution in [0.4, 0.5) is 0 Å². The van der Waals surface area contributed by atoms with Gasteiger partial charge in [-0.05, 0) is 37.5 Å². The minimum Gasteiger partial charge on any atom is -0.507 e. The van der Waals surface area contributed by atoms with Crippen LogP contribution in [0.1, 0.15) is 31.0 Å². The van der Waals surface area contributed by atoms with E-state index in [1.54, 1.807) is 18.2 Å². The highest BCUT2D eigenvalue weighted by atomic mass is 79.9. The monoisotopic (exact) mass is 336 g/mol. The van der Waals surface area contributed by atoms with Gasteiger partial charge in [0.15, 0.2) is 5.82 Å². The summed E-state index contributed by atoms with van der Waals surface area (Å²) in [6.07, 6.45) is 3.75. The fourth-order valence-corrected chi connectivity index (χ4v) is 3.45. The van der Waals surface area contributed by atoms with Gasteiger partial charge in [-0.25, -0.2) is 0 Å². The molecule has 20 heavy (non-hydrogen) atoms. The molecule has 5 nitrogen and oxygen atoms in total. The van der Waals surface area contributed by atoms with Crippen LogP contribution in [0, 0.1) is 0 Å². The lowest BCUT2D eigenvalue weighted by molar-refractivity contribution is 0.0996. The zero-order valence-corrected chi connectivity index (χ0v) is 12.2. The van der Waals surface area contributed by atoms with Gasteiger partial charge in [-0.3, -0.25) is 0 Å². The van der Waals surface area contributed by atoms with Gasteiger partial charge >= 0.3 is 0 Å². The van der Waals surface area contributed by atoms with Gasteiger partial charge in [-0.15, -0.1) is 0 Å². The number of hydrogen-bond acceptors (Lipinski definition) is 5. The molecule has 2 fully saturated rings. The standard InChI is InChI=1S/C14H13BrN2O3/c15-7-1-3-11(18)9(5-7)14-16-13(17-20-14)10-6-8-2-4-12(10)19-8/h1,3,5,8,10,12,18H,2,4,6H2. The van der Waals surface area contributed by atoms with Crippen molar-refractivity contribution in [3.05, 3.63) is 28.5 Å². The number of hydrogen-bond donors (Lipinski definition) is 1. The van der Waals surface area contributed by atoms with Gasteiger partial charge in [0.05, 0.1) is 23.7 Å². The van der Waals surface area contributed by atoms with Crippen LogP contribution >= 0.6 is 15.9 Å². The zero-order valence-electron chi connectivity index (χ0n) is 10.6. The molecule has 4 rings (SSSR count). The fraction of sp³-hybridized carbons (Fsp3) is 0.429. The molecule has 1 aromatic heterocycles. The smallest absolute Gasteiger partial charge is 0.261 e. The number of nitrogens with zero attached hydrogens (tertiary/aromatic N) is 2. The van der Waals surface area contributed by atoms with Crippen LogP contribution in [0.3, 0.4) is 0 Å². The molecule has 3 atom stereocenters. The summed E-state index contributed by atoms with van der Waals surface area (Å²) >= 11 is 3.37. The van der Waals surface area contributed by atoms with Crippen LogP contribution in [0.25, 0.3) is 11.5 Å². The number of halogens is 1. The number of aromatic nitrogens is 2. The first-order chi connectivity index (χ1) is 9.70. The highest BCUT2D eigenvalue weighted by Gasteiger charge is 2.43. The molecule has 0 radical (unpaired) electrons. The number of aromatic hydroxyl groups is 1. The van der Waals surface area contributed by atoms with Crippen LogP contribution in [-0.4, -0.2) is 27.5 Å². The Bertz CT molecular complexity index is 658. The molecule has 2 aliphatic heterocycles. The maximum atomic E-state index is 9.89. The molecule has 3 heterocycles. The summed E-state index contributed by atoms with van der Waals surface area (Å²) < 4.78 is 12.0. The lowest BCUT2D eigenvalue weighted by Crippen LogP contribution is -2.15. The van der Waals surface area contributed by atoms with Crippen LogP contribution in [-0.2, 0) is 4.74 Å². The SMILES string of the molecule is Oc1ccc(Br)cc1-c1nc(C2CC3CCC2O3)no1. The van der Waals surface area contributed by atoms with E-state index in [1.165, 1.54) is 0 Å². The Labute approximate surface area is 124 Å². The quantitative estimate of drug-likeness (QED) is 0.911. The first-order valence-corrected chi connectivity index (χ1v) is 7.48. The molecule has 0 spiro atoms. The highest BCUT2D eigenvalue weighted by Crippen LogP contribution is 2.44. The van der Waals surface area contributed by atoms with Crippen molar-refractivity contribution >= 4 is 15.9 Å². The van der Waals surface area contributed by atoms with Crippen molar-refractivity contribution < 1.29 is 14.4 Å². The normalized spacial score (nSPS) is 28.1. The molecule has 0 amide bonds. The van der Waals surface area contributed by atoms with Crippen LogP contribution in [0.2, 0.25) is 0 Å². The van der Waals surface area contributed by atoms with Crippen LogP contribution < -0.4 is 0 Å². The molecular weight excluding hydrogens is 324 g/mol. The second kappa shape index (κ2) is 4.56. The molecular formula is C14H13BrN2O3. The Hall–Kier alpha value is -1.40. The molecule has 1 aromatic carbocycles. The molecule has 1 N–H and O–H groups in total. The third kappa shape index (κ3) is 1.94. The molecule has 2 saturated heterocycles. The van der Waals surface area contributed by atoms with Gasteiger partial charge in [0, 0.05) is 4.47 Å². The summed E-state index contributed by atoms with van der Waals surface area (Å²) in [6.45, 7) is 0. The van der Waals surface area contributed by atoms with E-state index in [4.69, 9.17) is 9.26 Å². The molecule has 2 bridgehead atoms. The van der Waals surface area contributed by atoms with Crippen molar-refractivity contribution in [2.45, 2.75) is 37.4 Å². The van der Waals surface area contributed by atoms with E-state index >= 15 is 0 Å². The predicted octanol–water partition coefficient (Wildman–Crippen LogP) is 3.24. The molecule has 0 saturated carbocycles. The lowest BCUT2D eigenvalue weighted by Gasteiger charge is -2.13. The fourth-order valence-electron chi connectivity index (χ4n) is 3.08. The van der Waals surface area contributed by atoms with E-state index in [2.05, 4.69) is 26.1 Å². The maximum Gasteiger partial charge on any atom is 0.261 e. The van der Waals surface area contributed by atoms with Crippen molar-refractivity contribution in [2.24, 2.45) is 0 Å². The summed E-state index contributed by atoms with van der Waals surface area (Å²) in [6, 6.07) is 5.13. The minimum absolute atomic E-state index is 0.132. The number of fused-ring (bicyclic) bond motifs is 2. The Kier molecular flexibility index (Phi) is 2.82. The summed E-state index contributed by atoms with van der Waals surface area (Å²) in [5.74, 6) is 1.39. The molecule has 2 aliphatic rings. The molecule has 6 heteroatoms. The van der Waals surface area contributed by atoms with Crippen molar-refractivity contribution in [1.82, 2.24) is 10.1 Å². The van der Waals surface area contributed by atoms with Gasteiger partial charge in [-0.2, -0.15) is 4.98 Å². The summed E-state index contributed by atoms with van der Waals surface area (Å²) in [5, 5.41) is 14.0. The topological polar surface area (TPSA) is 68.4 Å². The van der Waals surface area contributed by atoms with E-state index in [0.29, 0.717) is 23.4 Å². The van der Waals surface area contributed by atoms with E-state index in [0.717, 1.165) is 23.7 Å². The van der Waals surface area contributed by atoms with Crippen molar-refractivity contribution in [2.75, 3.05) is 0 Å². The highest BCUT2D eigenvalue weighted by molar-refractivity contribution is 9.10. The Morgan fingerprint density at radius 2 is 2.20 bits per heavy atom. The Morgan fingerprint density at radius 1 is 1.30 bits per heavy atom. The number of ether oxygens (including phenoxy) is 1. The van der Waals surface area contributed by atoms with Gasteiger partial charge in [-0.1, -0.05) is 21.1 Å². The summed E-state index contributed by atoms with van der Waals surface area (Å²) in [5.41, 5.74) is 0.544. The maximum absolute atomic E-state index is 9.89. The largest absolute Gasteiger partial charge is 0.507 e. The second-order valence-electron chi connectivity index (χ2n) is 5.34. The number of phenols is 1. The van der Waals surface area contributed by atoms with E-state index < -0.39 is 0 Å². The van der Waals surface area contributed by atoms with E-state index in [1.807, 2.05) is 0 Å². The molecule has 104 valence electrons. The number of benzene rings is 1. The Balaban J connectivity index is 1.66. The van der Waals surface area contributed by atoms with E-state index in [9.17, 15) is 5.11 Å². The molecule has 3 unspecified atom stereocenters. The van der Waals surface area contributed by atoms with Gasteiger partial charge < -0.3 is 14.4 Å². The summed E-state index contributed by atoms with van der Waals surface area (Å²) in [4.78, 5) is 4.44. The van der Waals surface area contributed by atoms with Gasteiger partial charge in [0.2, 0.25) is 0 Å². The number of phenolic OH excluding ortho intramolecular Hbond substituents is 1. The Morgan fingerprint density at radius 3 is 2.95 bits per heavy atom. The molecule has 0 aliphatic carbocycles. The van der Waals surface area contributed by atoms with Crippen LogP contribution in [0.5, 0.6) is 5.75 Å². The van der Waals surface area contributed by atoms with E-state index in [-0.39, 0.29) is 17.8 Å². The third-order valence-electron chi connectivity index (χ3n) is 4.07. The third-order valence-corrected chi connectivity index (χ3v) is 4.56. The summed E-state index contributed by atoms with van der Waals surface area (Å²) in [7, 11) is 0. The van der Waals surface area contributed by atoms with Crippen molar-refractivity contribution in [3.8, 4) is 17.2 Å². The van der Waals surface area contributed by atoms with Crippen molar-refractivity contribution in [1.29, 1.82) is 0 Å². The van der Waals surface area contributed by atoms with Crippen molar-refractivity contribution in [3.63, 3.8) is 0 Å². The lowest BCUT2D eigenvalue weighted by atomic mass is 9.89. The van der Waals surface area contributed by atoms with Gasteiger partial charge in [0.1, 0.15) is 5.75 Å². The van der Waals surface area contributed by atoms with Gasteiger partial charge in [0.25, 0.3) is 5.89 Å². The first-order valence-electron chi connectivity index (χ1n) is 6.68. The second-order valence-corrected chi connectivity index (χ2v) is 6.25. The minimum atomic E-state index is 0.132.